The molecular weight excluding hydrogens is 364 g/mol. The van der Waals surface area contributed by atoms with Gasteiger partial charge >= 0.3 is 0 Å². The monoisotopic (exact) mass is 386 g/mol. The molecule has 0 radical (unpaired) electrons. The van der Waals surface area contributed by atoms with Crippen molar-refractivity contribution < 1.29 is 18.0 Å². The van der Waals surface area contributed by atoms with E-state index in [1.165, 1.54) is 18.2 Å². The third kappa shape index (κ3) is 4.52. The number of carbonyl (C=O) groups is 2. The fraction of sp³-hybridized carbons (Fsp3) is 0.529. The highest BCUT2D eigenvalue weighted by atomic mass is 35.5. The van der Waals surface area contributed by atoms with Crippen LogP contribution in [0.1, 0.15) is 49.4 Å². The van der Waals surface area contributed by atoms with Crippen molar-refractivity contribution >= 4 is 33.3 Å². The smallest absolute Gasteiger partial charge is 0.252 e. The van der Waals surface area contributed by atoms with E-state index in [1.54, 1.807) is 0 Å². The van der Waals surface area contributed by atoms with Crippen molar-refractivity contribution in [3.05, 3.63) is 28.8 Å². The lowest BCUT2D eigenvalue weighted by atomic mass is 9.80. The Morgan fingerprint density at radius 1 is 1.20 bits per heavy atom. The highest BCUT2D eigenvalue weighted by Gasteiger charge is 2.40. The van der Waals surface area contributed by atoms with E-state index in [1.807, 2.05) is 6.92 Å². The van der Waals surface area contributed by atoms with Crippen molar-refractivity contribution in [2.24, 2.45) is 0 Å². The number of hydrogen-bond donors (Lipinski definition) is 2. The van der Waals surface area contributed by atoms with E-state index in [-0.39, 0.29) is 21.4 Å². The molecule has 0 heterocycles. The molecule has 25 heavy (non-hydrogen) atoms. The summed E-state index contributed by atoms with van der Waals surface area (Å²) in [5.74, 6) is -0.671. The van der Waals surface area contributed by atoms with Crippen molar-refractivity contribution in [2.45, 2.75) is 49.5 Å². The molecule has 0 bridgehead atoms. The molecule has 6 nitrogen and oxygen atoms in total. The number of benzene rings is 1. The predicted molar refractivity (Wildman–Crippen MR) is 96.5 cm³/mol. The summed E-state index contributed by atoms with van der Waals surface area (Å²) >= 11 is 5.92. The molecule has 1 aliphatic carbocycles. The van der Waals surface area contributed by atoms with E-state index < -0.39 is 21.3 Å². The number of sulfone groups is 1. The topological polar surface area (TPSA) is 92.3 Å². The molecule has 0 saturated heterocycles. The third-order valence-corrected chi connectivity index (χ3v) is 6.00. The lowest BCUT2D eigenvalue weighted by Crippen LogP contribution is -2.59. The van der Waals surface area contributed by atoms with Crippen LogP contribution in [0, 0.1) is 0 Å². The Morgan fingerprint density at radius 3 is 2.40 bits per heavy atom. The van der Waals surface area contributed by atoms with E-state index >= 15 is 0 Å². The third-order valence-electron chi connectivity index (χ3n) is 4.42. The van der Waals surface area contributed by atoms with Crippen LogP contribution in [0.5, 0.6) is 0 Å². The molecule has 1 saturated carbocycles. The molecule has 2 amide bonds. The zero-order chi connectivity index (χ0) is 18.7. The first-order valence-corrected chi connectivity index (χ1v) is 10.6. The SMILES string of the molecule is CCNC(=O)C1(NC(=O)c2ccc(Cl)c(S(C)(=O)=O)c2)CCCCC1. The average molecular weight is 387 g/mol. The first kappa shape index (κ1) is 19.7. The summed E-state index contributed by atoms with van der Waals surface area (Å²) in [6, 6.07) is 4.09. The standard InChI is InChI=1S/C17H23ClN2O4S/c1-3-19-16(22)17(9-5-4-6-10-17)20-15(21)12-7-8-13(18)14(11-12)25(2,23)24/h7-8,11H,3-6,9-10H2,1-2H3,(H,19,22)(H,20,21). The van der Waals surface area contributed by atoms with Gasteiger partial charge in [-0.25, -0.2) is 8.42 Å². The van der Waals surface area contributed by atoms with Crippen LogP contribution < -0.4 is 10.6 Å². The Labute approximate surface area is 153 Å². The van der Waals surface area contributed by atoms with Gasteiger partial charge in [-0.1, -0.05) is 30.9 Å². The van der Waals surface area contributed by atoms with Crippen LogP contribution >= 0.6 is 11.6 Å². The highest BCUT2D eigenvalue weighted by molar-refractivity contribution is 7.90. The number of halogens is 1. The van der Waals surface area contributed by atoms with Crippen molar-refractivity contribution in [1.82, 2.24) is 10.6 Å². The molecule has 1 fully saturated rings. The molecule has 1 aromatic carbocycles. The van der Waals surface area contributed by atoms with Gasteiger partial charge in [-0.05, 0) is 38.0 Å². The van der Waals surface area contributed by atoms with E-state index in [9.17, 15) is 18.0 Å². The lowest BCUT2D eigenvalue weighted by molar-refractivity contribution is -0.128. The number of carbonyl (C=O) groups excluding carboxylic acids is 2. The molecule has 0 atom stereocenters. The minimum absolute atomic E-state index is 0.0650. The summed E-state index contributed by atoms with van der Waals surface area (Å²) in [5, 5.41) is 5.69. The van der Waals surface area contributed by atoms with Gasteiger partial charge in [0, 0.05) is 18.4 Å². The molecular formula is C17H23ClN2O4S. The maximum absolute atomic E-state index is 12.7. The maximum atomic E-state index is 12.7. The summed E-state index contributed by atoms with van der Waals surface area (Å²) < 4.78 is 23.6. The van der Waals surface area contributed by atoms with Gasteiger partial charge in [-0.3, -0.25) is 9.59 Å². The number of likely N-dealkylation sites (N-methyl/N-ethyl adjacent to an activating group) is 1. The summed E-state index contributed by atoms with van der Waals surface area (Å²) in [6.07, 6.45) is 4.90. The van der Waals surface area contributed by atoms with Crippen LogP contribution in [0.2, 0.25) is 5.02 Å². The van der Waals surface area contributed by atoms with Gasteiger partial charge in [0.15, 0.2) is 9.84 Å². The fourth-order valence-electron chi connectivity index (χ4n) is 3.11. The van der Waals surface area contributed by atoms with Gasteiger partial charge in [-0.15, -0.1) is 0 Å². The number of rotatable bonds is 5. The van der Waals surface area contributed by atoms with E-state index in [0.29, 0.717) is 19.4 Å². The molecule has 1 aliphatic rings. The van der Waals surface area contributed by atoms with Gasteiger partial charge in [-0.2, -0.15) is 0 Å². The number of amides is 2. The van der Waals surface area contributed by atoms with Crippen LogP contribution in [-0.4, -0.2) is 38.6 Å². The highest BCUT2D eigenvalue weighted by Crippen LogP contribution is 2.29. The molecule has 2 N–H and O–H groups in total. The summed E-state index contributed by atoms with van der Waals surface area (Å²) in [4.78, 5) is 25.1. The first-order chi connectivity index (χ1) is 11.7. The fourth-order valence-corrected chi connectivity index (χ4v) is 4.41. The minimum Gasteiger partial charge on any atom is -0.354 e. The second-order valence-corrected chi connectivity index (χ2v) is 8.77. The molecule has 0 aliphatic heterocycles. The minimum atomic E-state index is -3.55. The molecule has 2 rings (SSSR count). The van der Waals surface area contributed by atoms with Crippen LogP contribution in [0.25, 0.3) is 0 Å². The maximum Gasteiger partial charge on any atom is 0.252 e. The molecule has 0 aromatic heterocycles. The summed E-state index contributed by atoms with van der Waals surface area (Å²) in [5.41, 5.74) is -0.782. The largest absolute Gasteiger partial charge is 0.354 e. The Hall–Kier alpha value is -1.60. The molecule has 8 heteroatoms. The Kier molecular flexibility index (Phi) is 6.11. The summed E-state index contributed by atoms with van der Waals surface area (Å²) in [7, 11) is -3.55. The van der Waals surface area contributed by atoms with Gasteiger partial charge in [0.05, 0.1) is 9.92 Å². The first-order valence-electron chi connectivity index (χ1n) is 8.30. The Morgan fingerprint density at radius 2 is 1.84 bits per heavy atom. The van der Waals surface area contributed by atoms with E-state index in [4.69, 9.17) is 11.6 Å². The van der Waals surface area contributed by atoms with Crippen molar-refractivity contribution in [3.8, 4) is 0 Å². The van der Waals surface area contributed by atoms with Gasteiger partial charge in [0.25, 0.3) is 5.91 Å². The van der Waals surface area contributed by atoms with Crippen molar-refractivity contribution in [3.63, 3.8) is 0 Å². The van der Waals surface area contributed by atoms with Crippen LogP contribution in [0.15, 0.2) is 23.1 Å². The molecule has 1 aromatic rings. The van der Waals surface area contributed by atoms with Crippen molar-refractivity contribution in [1.29, 1.82) is 0 Å². The molecule has 0 unspecified atom stereocenters. The second-order valence-electron chi connectivity index (χ2n) is 6.37. The molecule has 138 valence electrons. The normalized spacial score (nSPS) is 16.9. The zero-order valence-electron chi connectivity index (χ0n) is 14.4. The van der Waals surface area contributed by atoms with Gasteiger partial charge in [0.2, 0.25) is 5.91 Å². The van der Waals surface area contributed by atoms with E-state index in [2.05, 4.69) is 10.6 Å². The molecule has 0 spiro atoms. The van der Waals surface area contributed by atoms with Crippen LogP contribution in [-0.2, 0) is 14.6 Å². The predicted octanol–water partition coefficient (Wildman–Crippen LogP) is 2.31. The Bertz CT molecular complexity index is 771. The Balaban J connectivity index is 2.31. The second kappa shape index (κ2) is 7.74. The lowest BCUT2D eigenvalue weighted by Gasteiger charge is -2.36. The zero-order valence-corrected chi connectivity index (χ0v) is 16.0. The number of nitrogens with one attached hydrogen (secondary N) is 2. The van der Waals surface area contributed by atoms with Gasteiger partial charge in [0.1, 0.15) is 5.54 Å². The van der Waals surface area contributed by atoms with Crippen LogP contribution in [0.4, 0.5) is 0 Å². The van der Waals surface area contributed by atoms with E-state index in [0.717, 1.165) is 25.5 Å². The average Bonchev–Trinajstić information content (AvgIpc) is 2.55. The van der Waals surface area contributed by atoms with Crippen molar-refractivity contribution in [2.75, 3.05) is 12.8 Å². The van der Waals surface area contributed by atoms with Crippen LogP contribution in [0.3, 0.4) is 0 Å². The van der Waals surface area contributed by atoms with Gasteiger partial charge < -0.3 is 10.6 Å². The summed E-state index contributed by atoms with van der Waals surface area (Å²) in [6.45, 7) is 2.31. The number of hydrogen-bond acceptors (Lipinski definition) is 4. The quantitative estimate of drug-likeness (QED) is 0.812.